The molecule has 2 aromatic rings. The van der Waals surface area contributed by atoms with Crippen LogP contribution >= 0.6 is 0 Å². The van der Waals surface area contributed by atoms with Crippen LogP contribution in [-0.4, -0.2) is 30.8 Å². The van der Waals surface area contributed by atoms with Crippen LogP contribution < -0.4 is 16.0 Å². The van der Waals surface area contributed by atoms with Gasteiger partial charge in [-0.15, -0.1) is 0 Å². The lowest BCUT2D eigenvalue weighted by atomic mass is 10.0. The zero-order valence-corrected chi connectivity index (χ0v) is 13.2. The molecule has 3 amide bonds. The van der Waals surface area contributed by atoms with Crippen molar-refractivity contribution < 1.29 is 18.8 Å². The Morgan fingerprint density at radius 2 is 1.67 bits per heavy atom. The first kappa shape index (κ1) is 17.3. The molecule has 0 bridgehead atoms. The third-order valence-electron chi connectivity index (χ3n) is 3.21. The fraction of sp³-hybridized carbons (Fsp3) is 0.235. The standard InChI is InChI=1S/C17H19N3O4/c1-12(21)18-10-15(22)19-11-16(23)20-17(14-8-5-9-24-14)13-6-3-2-4-7-13/h2-9,17H,10-11H2,1H3,(H,18,21)(H,19,22)(H,20,23). The minimum absolute atomic E-state index is 0.164. The van der Waals surface area contributed by atoms with E-state index in [4.69, 9.17) is 4.42 Å². The molecule has 0 saturated carbocycles. The molecular formula is C17H19N3O4. The Morgan fingerprint density at radius 1 is 0.958 bits per heavy atom. The quantitative estimate of drug-likeness (QED) is 0.697. The van der Waals surface area contributed by atoms with Crippen molar-refractivity contribution in [3.63, 3.8) is 0 Å². The number of rotatable bonds is 7. The molecule has 0 aliphatic rings. The van der Waals surface area contributed by atoms with Crippen molar-refractivity contribution in [1.29, 1.82) is 0 Å². The van der Waals surface area contributed by atoms with Crippen LogP contribution in [0, 0.1) is 0 Å². The Labute approximate surface area is 139 Å². The molecule has 0 aliphatic carbocycles. The fourth-order valence-electron chi connectivity index (χ4n) is 2.08. The van der Waals surface area contributed by atoms with Gasteiger partial charge in [-0.3, -0.25) is 14.4 Å². The van der Waals surface area contributed by atoms with Gasteiger partial charge in [-0.05, 0) is 17.7 Å². The smallest absolute Gasteiger partial charge is 0.240 e. The summed E-state index contributed by atoms with van der Waals surface area (Å²) >= 11 is 0. The topological polar surface area (TPSA) is 100 Å². The summed E-state index contributed by atoms with van der Waals surface area (Å²) in [5.41, 5.74) is 0.866. The van der Waals surface area contributed by atoms with Crippen LogP contribution in [0.4, 0.5) is 0 Å². The molecule has 1 heterocycles. The molecule has 1 aromatic heterocycles. The van der Waals surface area contributed by atoms with Gasteiger partial charge in [0, 0.05) is 6.92 Å². The Balaban J connectivity index is 1.94. The summed E-state index contributed by atoms with van der Waals surface area (Å²) in [6.45, 7) is 0.958. The molecule has 0 aliphatic heterocycles. The van der Waals surface area contributed by atoms with Gasteiger partial charge < -0.3 is 20.4 Å². The number of benzene rings is 1. The van der Waals surface area contributed by atoms with E-state index in [1.54, 1.807) is 12.1 Å². The summed E-state index contributed by atoms with van der Waals surface area (Å²) in [5, 5.41) is 7.63. The average Bonchev–Trinajstić information content (AvgIpc) is 3.11. The van der Waals surface area contributed by atoms with Crippen LogP contribution in [0.5, 0.6) is 0 Å². The fourth-order valence-corrected chi connectivity index (χ4v) is 2.08. The number of furan rings is 1. The Morgan fingerprint density at radius 3 is 2.29 bits per heavy atom. The van der Waals surface area contributed by atoms with Crippen LogP contribution in [0.3, 0.4) is 0 Å². The molecule has 126 valence electrons. The molecule has 2 rings (SSSR count). The average molecular weight is 329 g/mol. The van der Waals surface area contributed by atoms with Gasteiger partial charge in [0.25, 0.3) is 0 Å². The van der Waals surface area contributed by atoms with Gasteiger partial charge in [-0.25, -0.2) is 0 Å². The van der Waals surface area contributed by atoms with E-state index in [0.29, 0.717) is 5.76 Å². The van der Waals surface area contributed by atoms with E-state index in [1.165, 1.54) is 13.2 Å². The largest absolute Gasteiger partial charge is 0.467 e. The summed E-state index contributed by atoms with van der Waals surface area (Å²) in [5.74, 6) is -0.512. The molecule has 1 aromatic carbocycles. The zero-order valence-electron chi connectivity index (χ0n) is 13.2. The van der Waals surface area contributed by atoms with E-state index < -0.39 is 11.9 Å². The summed E-state index contributed by atoms with van der Waals surface area (Å²) in [7, 11) is 0. The van der Waals surface area contributed by atoms with E-state index in [0.717, 1.165) is 5.56 Å². The van der Waals surface area contributed by atoms with Crippen molar-refractivity contribution in [2.24, 2.45) is 0 Å². The van der Waals surface area contributed by atoms with E-state index in [-0.39, 0.29) is 24.9 Å². The van der Waals surface area contributed by atoms with Crippen molar-refractivity contribution in [2.45, 2.75) is 13.0 Å². The van der Waals surface area contributed by atoms with E-state index in [1.807, 2.05) is 30.3 Å². The molecule has 0 saturated heterocycles. The van der Waals surface area contributed by atoms with Gasteiger partial charge >= 0.3 is 0 Å². The highest BCUT2D eigenvalue weighted by Gasteiger charge is 2.19. The van der Waals surface area contributed by atoms with E-state index in [2.05, 4.69) is 16.0 Å². The SMILES string of the molecule is CC(=O)NCC(=O)NCC(=O)NC(c1ccccc1)c1ccco1. The van der Waals surface area contributed by atoms with Crippen LogP contribution in [0.1, 0.15) is 24.3 Å². The predicted molar refractivity (Wildman–Crippen MR) is 86.8 cm³/mol. The number of nitrogens with one attached hydrogen (secondary N) is 3. The van der Waals surface area contributed by atoms with Crippen molar-refractivity contribution >= 4 is 17.7 Å². The molecule has 7 heteroatoms. The highest BCUT2D eigenvalue weighted by atomic mass is 16.3. The predicted octanol–water partition coefficient (Wildman–Crippen LogP) is 0.738. The first-order valence-electron chi connectivity index (χ1n) is 7.45. The molecule has 24 heavy (non-hydrogen) atoms. The summed E-state index contributed by atoms with van der Waals surface area (Å²) in [6.07, 6.45) is 1.53. The molecule has 7 nitrogen and oxygen atoms in total. The van der Waals surface area contributed by atoms with Crippen molar-refractivity contribution in [3.05, 3.63) is 60.1 Å². The summed E-state index contributed by atoms with van der Waals surface area (Å²) in [6, 6.07) is 12.4. The lowest BCUT2D eigenvalue weighted by Crippen LogP contribution is -2.42. The molecule has 0 spiro atoms. The zero-order chi connectivity index (χ0) is 17.4. The van der Waals surface area contributed by atoms with Crippen LogP contribution in [0.25, 0.3) is 0 Å². The number of carbonyl (C=O) groups is 3. The third kappa shape index (κ3) is 5.28. The first-order valence-corrected chi connectivity index (χ1v) is 7.45. The number of hydrogen-bond acceptors (Lipinski definition) is 4. The van der Waals surface area contributed by atoms with E-state index in [9.17, 15) is 14.4 Å². The second-order valence-corrected chi connectivity index (χ2v) is 5.11. The molecule has 1 unspecified atom stereocenters. The second-order valence-electron chi connectivity index (χ2n) is 5.11. The summed E-state index contributed by atoms with van der Waals surface area (Å²) in [4.78, 5) is 34.4. The monoisotopic (exact) mass is 329 g/mol. The van der Waals surface area contributed by atoms with Gasteiger partial charge in [-0.2, -0.15) is 0 Å². The highest BCUT2D eigenvalue weighted by molar-refractivity contribution is 5.87. The van der Waals surface area contributed by atoms with Gasteiger partial charge in [-0.1, -0.05) is 30.3 Å². The number of amides is 3. The van der Waals surface area contributed by atoms with Crippen LogP contribution in [0.2, 0.25) is 0 Å². The highest BCUT2D eigenvalue weighted by Crippen LogP contribution is 2.22. The van der Waals surface area contributed by atoms with Crippen molar-refractivity contribution in [2.75, 3.05) is 13.1 Å². The van der Waals surface area contributed by atoms with Crippen molar-refractivity contribution in [1.82, 2.24) is 16.0 Å². The van der Waals surface area contributed by atoms with Crippen molar-refractivity contribution in [3.8, 4) is 0 Å². The van der Waals surface area contributed by atoms with Gasteiger partial charge in [0.2, 0.25) is 17.7 Å². The molecule has 0 radical (unpaired) electrons. The van der Waals surface area contributed by atoms with Crippen LogP contribution in [0.15, 0.2) is 53.1 Å². The second kappa shape index (κ2) is 8.52. The molecule has 1 atom stereocenters. The van der Waals surface area contributed by atoms with Gasteiger partial charge in [0.15, 0.2) is 0 Å². The Hall–Kier alpha value is -3.09. The van der Waals surface area contributed by atoms with Crippen LogP contribution in [-0.2, 0) is 14.4 Å². The third-order valence-corrected chi connectivity index (χ3v) is 3.21. The number of carbonyl (C=O) groups excluding carboxylic acids is 3. The lowest BCUT2D eigenvalue weighted by Gasteiger charge is -2.17. The van der Waals surface area contributed by atoms with Gasteiger partial charge in [0.05, 0.1) is 19.4 Å². The Kier molecular flexibility index (Phi) is 6.13. The Bertz CT molecular complexity index is 683. The normalized spacial score (nSPS) is 11.4. The number of hydrogen-bond donors (Lipinski definition) is 3. The van der Waals surface area contributed by atoms with E-state index >= 15 is 0 Å². The lowest BCUT2D eigenvalue weighted by molar-refractivity contribution is -0.127. The first-order chi connectivity index (χ1) is 11.6. The maximum absolute atomic E-state index is 12.1. The maximum Gasteiger partial charge on any atom is 0.240 e. The molecule has 0 fully saturated rings. The minimum atomic E-state index is -0.444. The van der Waals surface area contributed by atoms with Gasteiger partial charge in [0.1, 0.15) is 11.8 Å². The maximum atomic E-state index is 12.1. The molecular weight excluding hydrogens is 310 g/mol. The molecule has 3 N–H and O–H groups in total. The minimum Gasteiger partial charge on any atom is -0.467 e. The summed E-state index contributed by atoms with van der Waals surface area (Å²) < 4.78 is 5.39.